The van der Waals surface area contributed by atoms with Gasteiger partial charge in [0.15, 0.2) is 0 Å². The molecule has 0 amide bonds. The molecule has 136 valence electrons. The number of esters is 1. The van der Waals surface area contributed by atoms with Gasteiger partial charge >= 0.3 is 5.97 Å². The molecule has 0 aliphatic carbocycles. The minimum Gasteiger partial charge on any atom is -0.460 e. The van der Waals surface area contributed by atoms with Gasteiger partial charge in [0.05, 0.1) is 11.3 Å². The van der Waals surface area contributed by atoms with E-state index >= 15 is 0 Å². The summed E-state index contributed by atoms with van der Waals surface area (Å²) in [4.78, 5) is 13.8. The maximum atomic E-state index is 12.1. The van der Waals surface area contributed by atoms with Crippen LogP contribution in [0.3, 0.4) is 0 Å². The number of carbonyl (C=O) groups excluding carboxylic acids is 1. The Balaban J connectivity index is 2.36. The van der Waals surface area contributed by atoms with Gasteiger partial charge in [-0.15, -0.1) is 0 Å². The van der Waals surface area contributed by atoms with Crippen molar-refractivity contribution in [3.05, 3.63) is 29.8 Å². The molecule has 0 radical (unpaired) electrons. The monoisotopic (exact) mass is 356 g/mol. The Kier molecular flexibility index (Phi) is 7.38. The van der Waals surface area contributed by atoms with E-state index in [4.69, 9.17) is 4.74 Å². The number of nitrogens with zero attached hydrogens (tertiary/aromatic N) is 1. The molecule has 0 heterocycles. The summed E-state index contributed by atoms with van der Waals surface area (Å²) in [5.74, 6) is -0.255. The van der Waals surface area contributed by atoms with E-state index in [1.807, 2.05) is 39.6 Å². The highest BCUT2D eigenvalue weighted by Crippen LogP contribution is 2.10. The standard InChI is InChI=1S/C17H28N2O4S/c1-14-6-8-15(9-7-14)24(21,22)18-11-13-19(5)12-10-16(20)23-17(2,3)4/h6-9,18H,10-13H2,1-5H3. The van der Waals surface area contributed by atoms with Crippen LogP contribution in [0.5, 0.6) is 0 Å². The van der Waals surface area contributed by atoms with Crippen molar-refractivity contribution in [1.29, 1.82) is 0 Å². The van der Waals surface area contributed by atoms with Crippen LogP contribution in [0.25, 0.3) is 0 Å². The highest BCUT2D eigenvalue weighted by atomic mass is 32.2. The Morgan fingerprint density at radius 2 is 1.75 bits per heavy atom. The van der Waals surface area contributed by atoms with Crippen molar-refractivity contribution < 1.29 is 17.9 Å². The lowest BCUT2D eigenvalue weighted by atomic mass is 10.2. The van der Waals surface area contributed by atoms with Gasteiger partial charge < -0.3 is 9.64 Å². The van der Waals surface area contributed by atoms with Crippen molar-refractivity contribution in [3.63, 3.8) is 0 Å². The number of hydrogen-bond acceptors (Lipinski definition) is 5. The largest absolute Gasteiger partial charge is 0.460 e. The van der Waals surface area contributed by atoms with E-state index in [0.717, 1.165) is 5.56 Å². The van der Waals surface area contributed by atoms with Crippen LogP contribution in [0.2, 0.25) is 0 Å². The van der Waals surface area contributed by atoms with Gasteiger partial charge in [-0.1, -0.05) is 17.7 Å². The highest BCUT2D eigenvalue weighted by Gasteiger charge is 2.17. The SMILES string of the molecule is Cc1ccc(S(=O)(=O)NCCN(C)CCC(=O)OC(C)(C)C)cc1. The number of ether oxygens (including phenoxy) is 1. The topological polar surface area (TPSA) is 75.7 Å². The van der Waals surface area contributed by atoms with Crippen molar-refractivity contribution in [3.8, 4) is 0 Å². The van der Waals surface area contributed by atoms with Gasteiger partial charge in [0.2, 0.25) is 10.0 Å². The maximum Gasteiger partial charge on any atom is 0.307 e. The zero-order valence-electron chi connectivity index (χ0n) is 15.1. The van der Waals surface area contributed by atoms with E-state index in [1.165, 1.54) is 0 Å². The van der Waals surface area contributed by atoms with Crippen molar-refractivity contribution >= 4 is 16.0 Å². The second-order valence-electron chi connectivity index (χ2n) is 6.85. The Morgan fingerprint density at radius 3 is 2.29 bits per heavy atom. The fourth-order valence-electron chi connectivity index (χ4n) is 1.96. The second-order valence-corrected chi connectivity index (χ2v) is 8.62. The molecule has 0 aromatic heterocycles. The number of carbonyl (C=O) groups is 1. The minimum absolute atomic E-state index is 0.254. The van der Waals surface area contributed by atoms with Crippen LogP contribution in [0.4, 0.5) is 0 Å². The predicted octanol–water partition coefficient (Wildman–Crippen LogP) is 1.94. The molecule has 0 saturated carbocycles. The van der Waals surface area contributed by atoms with Crippen molar-refractivity contribution in [2.75, 3.05) is 26.7 Å². The molecule has 24 heavy (non-hydrogen) atoms. The molecule has 0 aliphatic rings. The Hall–Kier alpha value is -1.44. The van der Waals surface area contributed by atoms with Gasteiger partial charge in [0.1, 0.15) is 5.60 Å². The number of nitrogens with one attached hydrogen (secondary N) is 1. The molecular formula is C17H28N2O4S. The smallest absolute Gasteiger partial charge is 0.307 e. The normalized spacial score (nSPS) is 12.4. The molecule has 1 aromatic rings. The van der Waals surface area contributed by atoms with Gasteiger partial charge in [0.25, 0.3) is 0 Å². The summed E-state index contributed by atoms with van der Waals surface area (Å²) in [5.41, 5.74) is 0.523. The van der Waals surface area contributed by atoms with Crippen LogP contribution < -0.4 is 4.72 Å². The molecule has 0 spiro atoms. The summed E-state index contributed by atoms with van der Waals surface area (Å²) in [6.45, 7) is 8.69. The molecular weight excluding hydrogens is 328 g/mol. The summed E-state index contributed by atoms with van der Waals surface area (Å²) in [6, 6.07) is 6.71. The number of sulfonamides is 1. The number of hydrogen-bond donors (Lipinski definition) is 1. The molecule has 0 atom stereocenters. The van der Waals surface area contributed by atoms with Gasteiger partial charge in [-0.25, -0.2) is 13.1 Å². The first-order chi connectivity index (χ1) is 11.0. The minimum atomic E-state index is -3.50. The number of aryl methyl sites for hydroxylation is 1. The lowest BCUT2D eigenvalue weighted by Gasteiger charge is -2.21. The average Bonchev–Trinajstić information content (AvgIpc) is 2.43. The first kappa shape index (κ1) is 20.6. The average molecular weight is 356 g/mol. The fourth-order valence-corrected chi connectivity index (χ4v) is 2.98. The van der Waals surface area contributed by atoms with Crippen molar-refractivity contribution in [2.24, 2.45) is 0 Å². The molecule has 6 nitrogen and oxygen atoms in total. The lowest BCUT2D eigenvalue weighted by molar-refractivity contribution is -0.155. The molecule has 1 rings (SSSR count). The Bertz CT molecular complexity index is 634. The zero-order chi connectivity index (χ0) is 18.4. The molecule has 0 fully saturated rings. The zero-order valence-corrected chi connectivity index (χ0v) is 15.9. The molecule has 0 bridgehead atoms. The van der Waals surface area contributed by atoms with Gasteiger partial charge in [-0.3, -0.25) is 4.79 Å². The lowest BCUT2D eigenvalue weighted by Crippen LogP contribution is -2.34. The summed E-state index contributed by atoms with van der Waals surface area (Å²) >= 11 is 0. The van der Waals surface area contributed by atoms with Gasteiger partial charge in [-0.2, -0.15) is 0 Å². The Labute approximate surface area is 145 Å². The molecule has 0 aliphatic heterocycles. The van der Waals surface area contributed by atoms with Crippen LogP contribution in [0, 0.1) is 6.92 Å². The first-order valence-electron chi connectivity index (χ1n) is 7.96. The van der Waals surface area contributed by atoms with Crippen molar-refractivity contribution in [2.45, 2.75) is 44.6 Å². The van der Waals surface area contributed by atoms with E-state index in [1.54, 1.807) is 24.3 Å². The third-order valence-corrected chi connectivity index (χ3v) is 4.71. The number of likely N-dealkylation sites (N-methyl/N-ethyl adjacent to an activating group) is 1. The van der Waals surface area contributed by atoms with E-state index in [2.05, 4.69) is 4.72 Å². The number of benzene rings is 1. The third-order valence-electron chi connectivity index (χ3n) is 3.23. The quantitative estimate of drug-likeness (QED) is 0.721. The molecule has 0 unspecified atom stereocenters. The Morgan fingerprint density at radius 1 is 1.17 bits per heavy atom. The summed E-state index contributed by atoms with van der Waals surface area (Å²) in [5, 5.41) is 0. The summed E-state index contributed by atoms with van der Waals surface area (Å²) in [6.07, 6.45) is 0.276. The van der Waals surface area contributed by atoms with Gasteiger partial charge in [-0.05, 0) is 46.9 Å². The summed E-state index contributed by atoms with van der Waals surface area (Å²) in [7, 11) is -1.66. The van der Waals surface area contributed by atoms with Gasteiger partial charge in [0, 0.05) is 19.6 Å². The van der Waals surface area contributed by atoms with E-state index in [-0.39, 0.29) is 23.8 Å². The van der Waals surface area contributed by atoms with Crippen molar-refractivity contribution in [1.82, 2.24) is 9.62 Å². The summed E-state index contributed by atoms with van der Waals surface area (Å²) < 4.78 is 32.1. The second kappa shape index (κ2) is 8.60. The van der Waals surface area contributed by atoms with Crippen LogP contribution in [0.1, 0.15) is 32.8 Å². The van der Waals surface area contributed by atoms with Crippen LogP contribution in [-0.2, 0) is 19.6 Å². The first-order valence-corrected chi connectivity index (χ1v) is 9.45. The van der Waals surface area contributed by atoms with E-state index in [0.29, 0.717) is 13.1 Å². The van der Waals surface area contributed by atoms with Crippen LogP contribution in [0.15, 0.2) is 29.2 Å². The molecule has 1 aromatic carbocycles. The molecule has 1 N–H and O–H groups in total. The van der Waals surface area contributed by atoms with Crippen LogP contribution in [-0.4, -0.2) is 51.6 Å². The molecule has 7 heteroatoms. The predicted molar refractivity (Wildman–Crippen MR) is 94.3 cm³/mol. The van der Waals surface area contributed by atoms with Crippen LogP contribution >= 0.6 is 0 Å². The fraction of sp³-hybridized carbons (Fsp3) is 0.588. The number of rotatable bonds is 8. The maximum absolute atomic E-state index is 12.1. The van der Waals surface area contributed by atoms with E-state index < -0.39 is 15.6 Å². The molecule has 0 saturated heterocycles. The van der Waals surface area contributed by atoms with E-state index in [9.17, 15) is 13.2 Å². The highest BCUT2D eigenvalue weighted by molar-refractivity contribution is 7.89. The third kappa shape index (κ3) is 7.90.